The molecule has 1 N–H and O–H groups in total. The van der Waals surface area contributed by atoms with Crippen LogP contribution in [0.4, 0.5) is 0 Å². The summed E-state index contributed by atoms with van der Waals surface area (Å²) in [4.78, 5) is 22.7. The molecule has 0 fully saturated rings. The van der Waals surface area contributed by atoms with Crippen LogP contribution in [0.2, 0.25) is 0 Å². The first-order valence-corrected chi connectivity index (χ1v) is 8.20. The number of ether oxygens (including phenoxy) is 2. The van der Waals surface area contributed by atoms with Crippen molar-refractivity contribution in [2.45, 2.75) is 58.5 Å². The highest BCUT2D eigenvalue weighted by atomic mass is 16.5. The number of rotatable bonds is 7. The number of phenols is 1. The quantitative estimate of drug-likeness (QED) is 0.473. The van der Waals surface area contributed by atoms with Crippen molar-refractivity contribution in [3.05, 3.63) is 23.3 Å². The molecule has 0 aliphatic carbocycles. The number of hydrogen-bond acceptors (Lipinski definition) is 5. The zero-order chi connectivity index (χ0) is 16.8. The van der Waals surface area contributed by atoms with Gasteiger partial charge in [-0.25, -0.2) is 0 Å². The largest absolute Gasteiger partial charge is 0.507 e. The van der Waals surface area contributed by atoms with E-state index in [9.17, 15) is 14.7 Å². The van der Waals surface area contributed by atoms with Gasteiger partial charge in [-0.3, -0.25) is 9.59 Å². The molecule has 1 aliphatic rings. The highest BCUT2D eigenvalue weighted by Crippen LogP contribution is 2.34. The number of esters is 1. The minimum Gasteiger partial charge on any atom is -0.507 e. The van der Waals surface area contributed by atoms with E-state index in [2.05, 4.69) is 0 Å². The van der Waals surface area contributed by atoms with Crippen LogP contribution in [0.5, 0.6) is 11.5 Å². The zero-order valence-corrected chi connectivity index (χ0v) is 13.8. The first-order valence-electron chi connectivity index (χ1n) is 8.20. The summed E-state index contributed by atoms with van der Waals surface area (Å²) in [7, 11) is 0. The molecule has 23 heavy (non-hydrogen) atoms. The average Bonchev–Trinajstić information content (AvgIpc) is 2.50. The van der Waals surface area contributed by atoms with E-state index in [1.807, 2.05) is 0 Å². The topological polar surface area (TPSA) is 72.8 Å². The van der Waals surface area contributed by atoms with E-state index in [1.165, 1.54) is 13.0 Å². The standard InChI is InChI=1S/C18H24O5/c1-3-22-18(21)7-5-4-6-14-9-8-13-10-15(12(2)19)16(20)11-17(13)23-14/h10-11,14,20H,3-9H2,1-2H3. The van der Waals surface area contributed by atoms with Gasteiger partial charge in [-0.2, -0.15) is 0 Å². The van der Waals surface area contributed by atoms with Gasteiger partial charge in [-0.1, -0.05) is 0 Å². The summed E-state index contributed by atoms with van der Waals surface area (Å²) in [5.41, 5.74) is 1.32. The molecule has 1 aromatic rings. The maximum atomic E-state index is 11.5. The predicted molar refractivity (Wildman–Crippen MR) is 85.9 cm³/mol. The molecule has 126 valence electrons. The molecule has 0 saturated heterocycles. The number of benzene rings is 1. The van der Waals surface area contributed by atoms with Crippen molar-refractivity contribution < 1.29 is 24.2 Å². The summed E-state index contributed by atoms with van der Waals surface area (Å²) >= 11 is 0. The normalized spacial score (nSPS) is 16.3. The summed E-state index contributed by atoms with van der Waals surface area (Å²) in [5, 5.41) is 9.90. The Balaban J connectivity index is 1.85. The van der Waals surface area contributed by atoms with Gasteiger partial charge in [0.15, 0.2) is 5.78 Å². The third-order valence-electron chi connectivity index (χ3n) is 4.05. The zero-order valence-electron chi connectivity index (χ0n) is 13.8. The van der Waals surface area contributed by atoms with Gasteiger partial charge in [-0.15, -0.1) is 0 Å². The van der Waals surface area contributed by atoms with E-state index >= 15 is 0 Å². The molecule has 0 bridgehead atoms. The van der Waals surface area contributed by atoms with E-state index in [-0.39, 0.29) is 23.6 Å². The maximum absolute atomic E-state index is 11.5. The van der Waals surface area contributed by atoms with E-state index in [4.69, 9.17) is 9.47 Å². The number of hydrogen-bond donors (Lipinski definition) is 1. The van der Waals surface area contributed by atoms with Crippen LogP contribution in [0.25, 0.3) is 0 Å². The molecular formula is C18H24O5. The Hall–Kier alpha value is -2.04. The highest BCUT2D eigenvalue weighted by Gasteiger charge is 2.22. The third kappa shape index (κ3) is 4.71. The Morgan fingerprint density at radius 2 is 2.13 bits per heavy atom. The van der Waals surface area contributed by atoms with Gasteiger partial charge >= 0.3 is 5.97 Å². The van der Waals surface area contributed by atoms with E-state index < -0.39 is 0 Å². The van der Waals surface area contributed by atoms with Gasteiger partial charge in [0.25, 0.3) is 0 Å². The second kappa shape index (κ2) is 7.99. The molecule has 5 heteroatoms. The van der Waals surface area contributed by atoms with Gasteiger partial charge in [0.05, 0.1) is 18.3 Å². The maximum Gasteiger partial charge on any atom is 0.305 e. The van der Waals surface area contributed by atoms with Crippen LogP contribution in [0.15, 0.2) is 12.1 Å². The van der Waals surface area contributed by atoms with Crippen molar-refractivity contribution in [3.8, 4) is 11.5 Å². The van der Waals surface area contributed by atoms with Crippen molar-refractivity contribution in [2.24, 2.45) is 0 Å². The van der Waals surface area contributed by atoms with Gasteiger partial charge < -0.3 is 14.6 Å². The molecule has 1 heterocycles. The lowest BCUT2D eigenvalue weighted by Gasteiger charge is -2.26. The number of ketones is 1. The number of aryl methyl sites for hydroxylation is 1. The summed E-state index contributed by atoms with van der Waals surface area (Å²) in [5.74, 6) is 0.337. The second-order valence-electron chi connectivity index (χ2n) is 5.86. The molecule has 0 radical (unpaired) electrons. The molecule has 1 unspecified atom stereocenters. The van der Waals surface area contributed by atoms with Gasteiger partial charge in [0.1, 0.15) is 11.5 Å². The van der Waals surface area contributed by atoms with Crippen molar-refractivity contribution in [3.63, 3.8) is 0 Å². The molecular weight excluding hydrogens is 296 g/mol. The molecule has 5 nitrogen and oxygen atoms in total. The minimum absolute atomic E-state index is 0.0285. The van der Waals surface area contributed by atoms with Crippen LogP contribution in [0, 0.1) is 0 Å². The Morgan fingerprint density at radius 1 is 1.35 bits per heavy atom. The molecule has 1 aliphatic heterocycles. The van der Waals surface area contributed by atoms with Gasteiger partial charge in [0, 0.05) is 12.5 Å². The molecule has 1 aromatic carbocycles. The van der Waals surface area contributed by atoms with E-state index in [1.54, 1.807) is 13.0 Å². The fourth-order valence-corrected chi connectivity index (χ4v) is 2.83. The number of carbonyl (C=O) groups excluding carboxylic acids is 2. The first kappa shape index (κ1) is 17.3. The highest BCUT2D eigenvalue weighted by molar-refractivity contribution is 5.97. The van der Waals surface area contributed by atoms with E-state index in [0.29, 0.717) is 24.3 Å². The molecule has 0 spiro atoms. The van der Waals surface area contributed by atoms with Crippen molar-refractivity contribution in [1.82, 2.24) is 0 Å². The predicted octanol–water partition coefficient (Wildman–Crippen LogP) is 3.41. The fourth-order valence-electron chi connectivity index (χ4n) is 2.83. The molecule has 0 aromatic heterocycles. The second-order valence-corrected chi connectivity index (χ2v) is 5.86. The number of Topliss-reactive ketones (excluding diaryl/α,β-unsaturated/α-hetero) is 1. The van der Waals surface area contributed by atoms with Gasteiger partial charge in [-0.05, 0) is 57.6 Å². The smallest absolute Gasteiger partial charge is 0.305 e. The van der Waals surface area contributed by atoms with Crippen LogP contribution < -0.4 is 4.74 Å². The monoisotopic (exact) mass is 320 g/mol. The summed E-state index contributed by atoms with van der Waals surface area (Å²) in [6.07, 6.45) is 4.81. The van der Waals surface area contributed by atoms with Crippen LogP contribution in [-0.4, -0.2) is 29.6 Å². The Bertz CT molecular complexity index is 579. The van der Waals surface area contributed by atoms with Crippen LogP contribution in [-0.2, 0) is 16.0 Å². The SMILES string of the molecule is CCOC(=O)CCCCC1CCc2cc(C(C)=O)c(O)cc2O1. The Kier molecular flexibility index (Phi) is 6.02. The van der Waals surface area contributed by atoms with Gasteiger partial charge in [0.2, 0.25) is 0 Å². The van der Waals surface area contributed by atoms with Crippen LogP contribution >= 0.6 is 0 Å². The number of unbranched alkanes of at least 4 members (excludes halogenated alkanes) is 1. The number of aromatic hydroxyl groups is 1. The van der Waals surface area contributed by atoms with Crippen molar-refractivity contribution >= 4 is 11.8 Å². The summed E-state index contributed by atoms with van der Waals surface area (Å²) in [6, 6.07) is 3.26. The fraction of sp³-hybridized carbons (Fsp3) is 0.556. The summed E-state index contributed by atoms with van der Waals surface area (Å²) in [6.45, 7) is 3.67. The Labute approximate surface area is 136 Å². The average molecular weight is 320 g/mol. The molecule has 2 rings (SSSR count). The molecule has 1 atom stereocenters. The number of carbonyl (C=O) groups is 2. The van der Waals surface area contributed by atoms with Crippen molar-refractivity contribution in [2.75, 3.05) is 6.61 Å². The number of fused-ring (bicyclic) bond motifs is 1. The lowest BCUT2D eigenvalue weighted by Crippen LogP contribution is -2.23. The lowest BCUT2D eigenvalue weighted by molar-refractivity contribution is -0.143. The first-order chi connectivity index (χ1) is 11.0. The summed E-state index contributed by atoms with van der Waals surface area (Å²) < 4.78 is 10.8. The van der Waals surface area contributed by atoms with Crippen LogP contribution in [0.1, 0.15) is 61.9 Å². The molecule has 0 amide bonds. The minimum atomic E-state index is -0.149. The molecule has 0 saturated carbocycles. The lowest BCUT2D eigenvalue weighted by atomic mass is 9.96. The van der Waals surface area contributed by atoms with Crippen LogP contribution in [0.3, 0.4) is 0 Å². The van der Waals surface area contributed by atoms with Crippen molar-refractivity contribution in [1.29, 1.82) is 0 Å². The number of phenolic OH excluding ortho intramolecular Hbond substituents is 1. The third-order valence-corrected chi connectivity index (χ3v) is 4.05. The van der Waals surface area contributed by atoms with E-state index in [0.717, 1.165) is 37.7 Å². The Morgan fingerprint density at radius 3 is 2.83 bits per heavy atom.